The van der Waals surface area contributed by atoms with Crippen LogP contribution in [0.25, 0.3) is 5.65 Å². The third kappa shape index (κ3) is 1.27. The number of pyridine rings is 1. The molecule has 1 saturated carbocycles. The predicted octanol–water partition coefficient (Wildman–Crippen LogP) is 3.16. The SMILES string of the molecule is [CH2]c1cn2cc(C3CC3)cc(Br)c2n1. The van der Waals surface area contributed by atoms with Crippen LogP contribution < -0.4 is 0 Å². The maximum absolute atomic E-state index is 4.34. The van der Waals surface area contributed by atoms with Crippen LogP contribution in [0, 0.1) is 6.92 Å². The average molecular weight is 250 g/mol. The summed E-state index contributed by atoms with van der Waals surface area (Å²) in [6.07, 6.45) is 6.78. The van der Waals surface area contributed by atoms with Gasteiger partial charge in [-0.25, -0.2) is 4.98 Å². The van der Waals surface area contributed by atoms with Gasteiger partial charge < -0.3 is 4.40 Å². The minimum atomic E-state index is 0.770. The lowest BCUT2D eigenvalue weighted by molar-refractivity contribution is 1.05. The molecule has 2 heterocycles. The highest BCUT2D eigenvalue weighted by atomic mass is 79.9. The van der Waals surface area contributed by atoms with Crippen molar-refractivity contribution in [2.45, 2.75) is 18.8 Å². The Balaban J connectivity index is 2.26. The fourth-order valence-electron chi connectivity index (χ4n) is 1.77. The number of fused-ring (bicyclic) bond motifs is 1. The van der Waals surface area contributed by atoms with Gasteiger partial charge in [0.05, 0.1) is 10.2 Å². The van der Waals surface area contributed by atoms with E-state index in [1.165, 1.54) is 18.4 Å². The van der Waals surface area contributed by atoms with Crippen LogP contribution >= 0.6 is 15.9 Å². The first kappa shape index (κ1) is 8.48. The molecule has 14 heavy (non-hydrogen) atoms. The molecule has 71 valence electrons. The lowest BCUT2D eigenvalue weighted by Crippen LogP contribution is -1.88. The molecule has 1 aliphatic carbocycles. The second-order valence-electron chi connectivity index (χ2n) is 3.86. The van der Waals surface area contributed by atoms with Gasteiger partial charge in [-0.3, -0.25) is 0 Å². The Kier molecular flexibility index (Phi) is 1.71. The van der Waals surface area contributed by atoms with Crippen LogP contribution in [0.4, 0.5) is 0 Å². The first-order chi connectivity index (χ1) is 6.74. The second-order valence-corrected chi connectivity index (χ2v) is 4.71. The van der Waals surface area contributed by atoms with Gasteiger partial charge in [0.2, 0.25) is 0 Å². The van der Waals surface area contributed by atoms with Crippen molar-refractivity contribution in [1.82, 2.24) is 9.38 Å². The Morgan fingerprint density at radius 3 is 2.93 bits per heavy atom. The Bertz CT molecular complexity index is 497. The normalized spacial score (nSPS) is 16.4. The van der Waals surface area contributed by atoms with E-state index in [0.29, 0.717) is 0 Å². The van der Waals surface area contributed by atoms with Crippen LogP contribution in [0.3, 0.4) is 0 Å². The van der Waals surface area contributed by atoms with Crippen molar-refractivity contribution >= 4 is 21.6 Å². The van der Waals surface area contributed by atoms with E-state index in [1.807, 2.05) is 6.20 Å². The molecule has 1 aliphatic rings. The van der Waals surface area contributed by atoms with E-state index in [-0.39, 0.29) is 0 Å². The van der Waals surface area contributed by atoms with Gasteiger partial charge in [0, 0.05) is 12.4 Å². The maximum atomic E-state index is 4.34. The van der Waals surface area contributed by atoms with Gasteiger partial charge in [-0.2, -0.15) is 0 Å². The monoisotopic (exact) mass is 249 g/mol. The quantitative estimate of drug-likeness (QED) is 0.759. The molecule has 0 bridgehead atoms. The number of rotatable bonds is 1. The average Bonchev–Trinajstić information content (AvgIpc) is 2.89. The zero-order valence-corrected chi connectivity index (χ0v) is 9.29. The summed E-state index contributed by atoms with van der Waals surface area (Å²) in [6.45, 7) is 3.84. The molecule has 3 heteroatoms. The fourth-order valence-corrected chi connectivity index (χ4v) is 2.33. The summed E-state index contributed by atoms with van der Waals surface area (Å²) < 4.78 is 3.12. The minimum absolute atomic E-state index is 0.770. The van der Waals surface area contributed by atoms with Crippen LogP contribution in [0.1, 0.15) is 30.0 Å². The molecular weight excluding hydrogens is 240 g/mol. The summed E-state index contributed by atoms with van der Waals surface area (Å²) >= 11 is 3.55. The summed E-state index contributed by atoms with van der Waals surface area (Å²) in [5.74, 6) is 0.770. The Hall–Kier alpha value is -0.830. The number of nitrogens with zero attached hydrogens (tertiary/aromatic N) is 2. The molecule has 0 unspecified atom stereocenters. The van der Waals surface area contributed by atoms with Gasteiger partial charge in [-0.15, -0.1) is 0 Å². The summed E-state index contributed by atoms with van der Waals surface area (Å²) in [4.78, 5) is 4.34. The van der Waals surface area contributed by atoms with Crippen molar-refractivity contribution in [3.05, 3.63) is 41.1 Å². The van der Waals surface area contributed by atoms with E-state index in [9.17, 15) is 0 Å². The Labute approximate surface area is 91.1 Å². The summed E-state index contributed by atoms with van der Waals surface area (Å²) in [5, 5.41) is 0. The highest BCUT2D eigenvalue weighted by molar-refractivity contribution is 9.10. The van der Waals surface area contributed by atoms with Crippen LogP contribution in [0.2, 0.25) is 0 Å². The molecular formula is C11H10BrN2. The molecule has 0 amide bonds. The molecule has 2 nitrogen and oxygen atoms in total. The van der Waals surface area contributed by atoms with E-state index < -0.39 is 0 Å². The van der Waals surface area contributed by atoms with Gasteiger partial charge in [-0.05, 0) is 53.2 Å². The van der Waals surface area contributed by atoms with Crippen molar-refractivity contribution in [2.24, 2.45) is 0 Å². The molecule has 0 aromatic carbocycles. The topological polar surface area (TPSA) is 17.3 Å². The molecule has 0 aliphatic heterocycles. The van der Waals surface area contributed by atoms with Crippen LogP contribution in [-0.2, 0) is 0 Å². The number of hydrogen-bond acceptors (Lipinski definition) is 1. The number of halogens is 1. The zero-order chi connectivity index (χ0) is 9.71. The van der Waals surface area contributed by atoms with E-state index in [2.05, 4.69) is 44.5 Å². The van der Waals surface area contributed by atoms with Gasteiger partial charge in [0.15, 0.2) is 5.65 Å². The van der Waals surface area contributed by atoms with Crippen LogP contribution in [0.15, 0.2) is 22.9 Å². The van der Waals surface area contributed by atoms with E-state index >= 15 is 0 Å². The largest absolute Gasteiger partial charge is 0.306 e. The summed E-state index contributed by atoms with van der Waals surface area (Å²) in [5.41, 5.74) is 3.18. The van der Waals surface area contributed by atoms with E-state index in [4.69, 9.17) is 0 Å². The predicted molar refractivity (Wildman–Crippen MR) is 59.3 cm³/mol. The molecule has 0 N–H and O–H groups in total. The van der Waals surface area contributed by atoms with Crippen LogP contribution in [-0.4, -0.2) is 9.38 Å². The number of hydrogen-bond donors (Lipinski definition) is 0. The summed E-state index contributed by atoms with van der Waals surface area (Å²) in [7, 11) is 0. The van der Waals surface area contributed by atoms with Gasteiger partial charge in [-0.1, -0.05) is 0 Å². The number of imidazole rings is 1. The first-order valence-corrected chi connectivity index (χ1v) is 5.53. The van der Waals surface area contributed by atoms with Crippen molar-refractivity contribution in [2.75, 3.05) is 0 Å². The zero-order valence-electron chi connectivity index (χ0n) is 7.70. The standard InChI is InChI=1S/C11H10BrN2/c1-7-5-14-6-9(8-2-3-8)4-10(12)11(14)13-7/h4-6,8H,1-3H2. The Morgan fingerprint density at radius 1 is 1.43 bits per heavy atom. The smallest absolute Gasteiger partial charge is 0.151 e. The van der Waals surface area contributed by atoms with Crippen molar-refractivity contribution in [1.29, 1.82) is 0 Å². The highest BCUT2D eigenvalue weighted by Crippen LogP contribution is 2.41. The Morgan fingerprint density at radius 2 is 2.21 bits per heavy atom. The lowest BCUT2D eigenvalue weighted by Gasteiger charge is -2.01. The molecule has 1 radical (unpaired) electrons. The molecule has 1 fully saturated rings. The molecule has 2 aromatic rings. The fraction of sp³-hybridized carbons (Fsp3) is 0.273. The molecule has 0 saturated heterocycles. The van der Waals surface area contributed by atoms with Gasteiger partial charge in [0.25, 0.3) is 0 Å². The first-order valence-electron chi connectivity index (χ1n) is 4.74. The lowest BCUT2D eigenvalue weighted by atomic mass is 10.2. The third-order valence-corrected chi connectivity index (χ3v) is 3.21. The van der Waals surface area contributed by atoms with Crippen molar-refractivity contribution in [3.8, 4) is 0 Å². The number of aromatic nitrogens is 2. The van der Waals surface area contributed by atoms with Crippen molar-refractivity contribution in [3.63, 3.8) is 0 Å². The summed E-state index contributed by atoms with van der Waals surface area (Å²) in [6, 6.07) is 2.18. The highest BCUT2D eigenvalue weighted by Gasteiger charge is 2.24. The van der Waals surface area contributed by atoms with E-state index in [1.54, 1.807) is 0 Å². The minimum Gasteiger partial charge on any atom is -0.306 e. The van der Waals surface area contributed by atoms with Gasteiger partial charge in [0.1, 0.15) is 0 Å². The maximum Gasteiger partial charge on any atom is 0.151 e. The second kappa shape index (κ2) is 2.83. The molecule has 0 spiro atoms. The molecule has 0 atom stereocenters. The molecule has 3 rings (SSSR count). The van der Waals surface area contributed by atoms with E-state index in [0.717, 1.165) is 21.7 Å². The van der Waals surface area contributed by atoms with Crippen molar-refractivity contribution < 1.29 is 0 Å². The molecule has 2 aromatic heterocycles. The van der Waals surface area contributed by atoms with Gasteiger partial charge >= 0.3 is 0 Å². The third-order valence-electron chi connectivity index (χ3n) is 2.63. The van der Waals surface area contributed by atoms with Crippen LogP contribution in [0.5, 0.6) is 0 Å².